The monoisotopic (exact) mass is 303 g/mol. The Hall–Kier alpha value is -2.63. The first-order valence-corrected chi connectivity index (χ1v) is 6.89. The number of rotatable bonds is 6. The Morgan fingerprint density at radius 1 is 1.32 bits per heavy atom. The number of aldehydes is 1. The van der Waals surface area contributed by atoms with Crippen molar-refractivity contribution >= 4 is 18.2 Å². The molecule has 1 unspecified atom stereocenters. The molecular formula is C16H17NO5. The molecule has 116 valence electrons. The Balaban J connectivity index is 2.36. The van der Waals surface area contributed by atoms with Crippen LogP contribution in [0.4, 0.5) is 0 Å². The molecule has 6 heteroatoms. The smallest absolute Gasteiger partial charge is 0.340 e. The molecular weight excluding hydrogens is 286 g/mol. The van der Waals surface area contributed by atoms with Crippen LogP contribution in [0, 0.1) is 0 Å². The Morgan fingerprint density at radius 2 is 2.00 bits per heavy atom. The zero-order valence-corrected chi connectivity index (χ0v) is 12.4. The molecule has 0 saturated heterocycles. The summed E-state index contributed by atoms with van der Waals surface area (Å²) in [7, 11) is 1.20. The summed E-state index contributed by atoms with van der Waals surface area (Å²) in [5.74, 6) is -1.32. The van der Waals surface area contributed by atoms with E-state index >= 15 is 0 Å². The van der Waals surface area contributed by atoms with Gasteiger partial charge in [-0.05, 0) is 12.5 Å². The van der Waals surface area contributed by atoms with E-state index in [-0.39, 0.29) is 24.5 Å². The lowest BCUT2D eigenvalue weighted by Gasteiger charge is -2.21. The number of esters is 1. The van der Waals surface area contributed by atoms with Crippen molar-refractivity contribution < 1.29 is 23.9 Å². The summed E-state index contributed by atoms with van der Waals surface area (Å²) in [5, 5.41) is 0. The van der Waals surface area contributed by atoms with Gasteiger partial charge in [0, 0.05) is 6.54 Å². The molecule has 2 rings (SSSR count). The first kappa shape index (κ1) is 15.8. The molecule has 0 saturated carbocycles. The highest BCUT2D eigenvalue weighted by molar-refractivity contribution is 6.09. The summed E-state index contributed by atoms with van der Waals surface area (Å²) in [4.78, 5) is 37.1. The molecule has 0 spiro atoms. The van der Waals surface area contributed by atoms with Gasteiger partial charge in [-0.2, -0.15) is 0 Å². The molecule has 1 atom stereocenters. The van der Waals surface area contributed by atoms with Gasteiger partial charge in [-0.1, -0.05) is 30.3 Å². The SMILES string of the molecule is CCOC1=C(C(=O)OC)C(C=O)N(Cc2ccccc2)C1=O. The van der Waals surface area contributed by atoms with Gasteiger partial charge < -0.3 is 19.2 Å². The molecule has 0 radical (unpaired) electrons. The highest BCUT2D eigenvalue weighted by Crippen LogP contribution is 2.28. The molecule has 0 fully saturated rings. The number of ether oxygens (including phenoxy) is 2. The highest BCUT2D eigenvalue weighted by atomic mass is 16.5. The van der Waals surface area contributed by atoms with Crippen LogP contribution in [0.2, 0.25) is 0 Å². The predicted octanol–water partition coefficient (Wildman–Crippen LogP) is 1.06. The minimum absolute atomic E-state index is 0.0414. The zero-order chi connectivity index (χ0) is 16.1. The number of amides is 1. The van der Waals surface area contributed by atoms with Crippen LogP contribution in [-0.4, -0.2) is 42.8 Å². The first-order valence-electron chi connectivity index (χ1n) is 6.89. The van der Waals surface area contributed by atoms with E-state index in [9.17, 15) is 14.4 Å². The van der Waals surface area contributed by atoms with Crippen LogP contribution in [0.15, 0.2) is 41.7 Å². The summed E-state index contributed by atoms with van der Waals surface area (Å²) < 4.78 is 9.95. The molecule has 1 heterocycles. The number of benzene rings is 1. The van der Waals surface area contributed by atoms with E-state index in [4.69, 9.17) is 4.74 Å². The lowest BCUT2D eigenvalue weighted by atomic mass is 10.1. The van der Waals surface area contributed by atoms with Crippen LogP contribution in [-0.2, 0) is 30.4 Å². The second-order valence-electron chi connectivity index (χ2n) is 4.67. The molecule has 1 aliphatic rings. The topological polar surface area (TPSA) is 72.9 Å². The van der Waals surface area contributed by atoms with Crippen molar-refractivity contribution in [3.8, 4) is 0 Å². The van der Waals surface area contributed by atoms with E-state index in [0.29, 0.717) is 6.29 Å². The Kier molecular flexibility index (Phi) is 4.93. The van der Waals surface area contributed by atoms with Gasteiger partial charge in [-0.3, -0.25) is 4.79 Å². The van der Waals surface area contributed by atoms with Crippen LogP contribution in [0.5, 0.6) is 0 Å². The van der Waals surface area contributed by atoms with Crippen molar-refractivity contribution in [3.05, 3.63) is 47.2 Å². The van der Waals surface area contributed by atoms with Gasteiger partial charge in [0.1, 0.15) is 17.9 Å². The summed E-state index contributed by atoms with van der Waals surface area (Å²) in [6.07, 6.45) is 0.555. The van der Waals surface area contributed by atoms with Gasteiger partial charge >= 0.3 is 5.97 Å². The Morgan fingerprint density at radius 3 is 2.55 bits per heavy atom. The largest absolute Gasteiger partial charge is 0.488 e. The molecule has 0 N–H and O–H groups in total. The third-order valence-corrected chi connectivity index (χ3v) is 3.35. The van der Waals surface area contributed by atoms with Crippen molar-refractivity contribution in [2.45, 2.75) is 19.5 Å². The second kappa shape index (κ2) is 6.89. The van der Waals surface area contributed by atoms with E-state index in [1.54, 1.807) is 6.92 Å². The quantitative estimate of drug-likeness (QED) is 0.580. The van der Waals surface area contributed by atoms with E-state index < -0.39 is 17.9 Å². The Labute approximate surface area is 128 Å². The van der Waals surface area contributed by atoms with Gasteiger partial charge in [0.15, 0.2) is 5.76 Å². The molecule has 0 bridgehead atoms. The van der Waals surface area contributed by atoms with Crippen molar-refractivity contribution in [1.82, 2.24) is 4.90 Å². The van der Waals surface area contributed by atoms with E-state index in [1.165, 1.54) is 12.0 Å². The van der Waals surface area contributed by atoms with E-state index in [0.717, 1.165) is 5.56 Å². The molecule has 22 heavy (non-hydrogen) atoms. The predicted molar refractivity (Wildman–Crippen MR) is 77.5 cm³/mol. The molecule has 1 amide bonds. The van der Waals surface area contributed by atoms with Gasteiger partial charge in [-0.15, -0.1) is 0 Å². The van der Waals surface area contributed by atoms with Gasteiger partial charge in [0.2, 0.25) is 0 Å². The molecule has 0 aliphatic carbocycles. The second-order valence-corrected chi connectivity index (χ2v) is 4.67. The fourth-order valence-electron chi connectivity index (χ4n) is 2.36. The van der Waals surface area contributed by atoms with Crippen LogP contribution in [0.3, 0.4) is 0 Å². The third kappa shape index (κ3) is 2.86. The van der Waals surface area contributed by atoms with Gasteiger partial charge in [0.05, 0.1) is 13.7 Å². The normalized spacial score (nSPS) is 17.6. The lowest BCUT2D eigenvalue weighted by molar-refractivity contribution is -0.137. The van der Waals surface area contributed by atoms with E-state index in [2.05, 4.69) is 4.74 Å². The number of hydrogen-bond donors (Lipinski definition) is 0. The summed E-state index contributed by atoms with van der Waals surface area (Å²) in [5.41, 5.74) is 0.810. The minimum atomic E-state index is -0.998. The molecule has 0 aromatic heterocycles. The van der Waals surface area contributed by atoms with Crippen molar-refractivity contribution in [3.63, 3.8) is 0 Å². The van der Waals surface area contributed by atoms with Crippen molar-refractivity contribution in [2.75, 3.05) is 13.7 Å². The third-order valence-electron chi connectivity index (χ3n) is 3.35. The summed E-state index contributed by atoms with van der Waals surface area (Å²) >= 11 is 0. The number of carbonyl (C=O) groups is 3. The van der Waals surface area contributed by atoms with Crippen LogP contribution < -0.4 is 0 Å². The van der Waals surface area contributed by atoms with Crippen LogP contribution in [0.25, 0.3) is 0 Å². The van der Waals surface area contributed by atoms with Gasteiger partial charge in [0.25, 0.3) is 5.91 Å². The molecule has 1 aromatic carbocycles. The maximum Gasteiger partial charge on any atom is 0.340 e. The summed E-state index contributed by atoms with van der Waals surface area (Å²) in [6, 6.07) is 8.21. The average molecular weight is 303 g/mol. The minimum Gasteiger partial charge on any atom is -0.488 e. The molecule has 1 aliphatic heterocycles. The number of carbonyl (C=O) groups excluding carboxylic acids is 3. The van der Waals surface area contributed by atoms with Crippen molar-refractivity contribution in [2.24, 2.45) is 0 Å². The van der Waals surface area contributed by atoms with Crippen molar-refractivity contribution in [1.29, 1.82) is 0 Å². The highest BCUT2D eigenvalue weighted by Gasteiger charge is 2.44. The molecule has 1 aromatic rings. The Bertz CT molecular complexity index is 608. The van der Waals surface area contributed by atoms with E-state index in [1.807, 2.05) is 30.3 Å². The molecule has 6 nitrogen and oxygen atoms in total. The standard InChI is InChI=1S/C16H17NO5/c1-3-22-14-13(16(20)21-2)12(10-18)17(15(14)19)9-11-7-5-4-6-8-11/h4-8,10,12H,3,9H2,1-2H3. The average Bonchev–Trinajstić information content (AvgIpc) is 2.80. The lowest BCUT2D eigenvalue weighted by Crippen LogP contribution is -2.37. The number of methoxy groups -OCH3 is 1. The first-order chi connectivity index (χ1) is 10.6. The maximum absolute atomic E-state index is 12.5. The number of nitrogens with zero attached hydrogens (tertiary/aromatic N) is 1. The fraction of sp³-hybridized carbons (Fsp3) is 0.312. The van der Waals surface area contributed by atoms with Gasteiger partial charge in [-0.25, -0.2) is 4.79 Å². The maximum atomic E-state index is 12.5. The fourth-order valence-corrected chi connectivity index (χ4v) is 2.36. The zero-order valence-electron chi connectivity index (χ0n) is 12.4. The number of hydrogen-bond acceptors (Lipinski definition) is 5. The van der Waals surface area contributed by atoms with Crippen LogP contribution >= 0.6 is 0 Å². The van der Waals surface area contributed by atoms with Crippen LogP contribution in [0.1, 0.15) is 12.5 Å². The summed E-state index contributed by atoms with van der Waals surface area (Å²) in [6.45, 7) is 2.12.